The van der Waals surface area contributed by atoms with Gasteiger partial charge in [0.25, 0.3) is 0 Å². The molecular formula is C9H7BF3N2O-. The minimum atomic E-state index is -4.96. The Balaban J connectivity index is 2.23. The maximum atomic E-state index is 12.5. The van der Waals surface area contributed by atoms with E-state index in [0.29, 0.717) is 11.5 Å². The Morgan fingerprint density at radius 1 is 1.25 bits per heavy atom. The molecule has 0 aliphatic carbocycles. The number of benzene rings is 1. The van der Waals surface area contributed by atoms with Crippen LogP contribution >= 0.6 is 0 Å². The number of rotatable bonds is 3. The number of aromatic nitrogens is 2. The first-order valence-corrected chi connectivity index (χ1v) is 4.59. The zero-order valence-electron chi connectivity index (χ0n) is 8.11. The molecule has 0 saturated carbocycles. The van der Waals surface area contributed by atoms with Gasteiger partial charge in [-0.3, -0.25) is 0 Å². The van der Waals surface area contributed by atoms with Crippen molar-refractivity contribution in [3.05, 3.63) is 42.1 Å². The molecule has 0 radical (unpaired) electrons. The van der Waals surface area contributed by atoms with E-state index in [1.807, 2.05) is 0 Å². The molecule has 0 aliphatic rings. The summed E-state index contributed by atoms with van der Waals surface area (Å²) in [5, 5.41) is 7.07. The molecule has 2 aromatic rings. The molecule has 0 atom stereocenters. The van der Waals surface area contributed by atoms with Crippen molar-refractivity contribution in [3.8, 4) is 0 Å². The lowest BCUT2D eigenvalue weighted by Gasteiger charge is -2.15. The molecule has 16 heavy (non-hydrogen) atoms. The van der Waals surface area contributed by atoms with E-state index in [4.69, 9.17) is 4.42 Å². The molecule has 0 fully saturated rings. The Morgan fingerprint density at radius 3 is 2.69 bits per heavy atom. The predicted molar refractivity (Wildman–Crippen MR) is 52.3 cm³/mol. The van der Waals surface area contributed by atoms with Crippen LogP contribution in [0, 0.1) is 0 Å². The highest BCUT2D eigenvalue weighted by Gasteiger charge is 2.25. The lowest BCUT2D eigenvalue weighted by molar-refractivity contribution is 0.499. The number of nitrogens with zero attached hydrogens (tertiary/aromatic N) is 2. The SMILES string of the molecule is F[B-](F)(F)c1cccc(Cc2nnco2)c1. The van der Waals surface area contributed by atoms with Gasteiger partial charge in [-0.15, -0.1) is 15.7 Å². The van der Waals surface area contributed by atoms with E-state index in [9.17, 15) is 12.9 Å². The zero-order valence-corrected chi connectivity index (χ0v) is 8.11. The fraction of sp³-hybridized carbons (Fsp3) is 0.111. The highest BCUT2D eigenvalue weighted by Crippen LogP contribution is 2.11. The summed E-state index contributed by atoms with van der Waals surface area (Å²) < 4.78 is 42.2. The van der Waals surface area contributed by atoms with Gasteiger partial charge < -0.3 is 17.4 Å². The van der Waals surface area contributed by atoms with Crippen LogP contribution in [0.2, 0.25) is 0 Å². The van der Waals surface area contributed by atoms with Crippen molar-refractivity contribution in [2.24, 2.45) is 0 Å². The van der Waals surface area contributed by atoms with Crippen LogP contribution in [0.4, 0.5) is 12.9 Å². The van der Waals surface area contributed by atoms with Crippen LogP contribution in [0.15, 0.2) is 35.1 Å². The molecule has 0 N–H and O–H groups in total. The average molecular weight is 227 g/mol. The number of hydrogen-bond donors (Lipinski definition) is 0. The van der Waals surface area contributed by atoms with Crippen LogP contribution in [0.3, 0.4) is 0 Å². The largest absolute Gasteiger partial charge is 0.509 e. The molecule has 0 saturated heterocycles. The maximum absolute atomic E-state index is 12.5. The molecule has 3 nitrogen and oxygen atoms in total. The van der Waals surface area contributed by atoms with Gasteiger partial charge in [-0.05, 0) is 5.56 Å². The molecule has 1 aromatic carbocycles. The van der Waals surface area contributed by atoms with Gasteiger partial charge in [-0.1, -0.05) is 24.3 Å². The molecule has 7 heteroatoms. The van der Waals surface area contributed by atoms with Gasteiger partial charge in [0, 0.05) is 0 Å². The normalized spacial score (nSPS) is 11.7. The Hall–Kier alpha value is -1.79. The van der Waals surface area contributed by atoms with Gasteiger partial charge >= 0.3 is 6.98 Å². The minimum absolute atomic E-state index is 0.208. The van der Waals surface area contributed by atoms with E-state index in [-0.39, 0.29) is 6.42 Å². The first-order chi connectivity index (χ1) is 7.55. The summed E-state index contributed by atoms with van der Waals surface area (Å²) in [5.41, 5.74) is -0.113. The summed E-state index contributed by atoms with van der Waals surface area (Å²) in [4.78, 5) is 0. The van der Waals surface area contributed by atoms with Crippen molar-refractivity contribution in [3.63, 3.8) is 0 Å². The van der Waals surface area contributed by atoms with Crippen LogP contribution in [-0.2, 0) is 6.42 Å². The highest BCUT2D eigenvalue weighted by atomic mass is 19.4. The quantitative estimate of drug-likeness (QED) is 0.749. The molecule has 0 unspecified atom stereocenters. The molecule has 1 heterocycles. The molecule has 0 amide bonds. The van der Waals surface area contributed by atoms with Crippen molar-refractivity contribution < 1.29 is 17.4 Å². The van der Waals surface area contributed by atoms with E-state index in [1.165, 1.54) is 6.07 Å². The Bertz CT molecular complexity index is 470. The summed E-state index contributed by atoms with van der Waals surface area (Å²) in [6, 6.07) is 5.12. The van der Waals surface area contributed by atoms with Crippen molar-refractivity contribution in [1.82, 2.24) is 10.2 Å². The fourth-order valence-electron chi connectivity index (χ4n) is 1.35. The summed E-state index contributed by atoms with van der Waals surface area (Å²) in [6.45, 7) is -4.96. The van der Waals surface area contributed by atoms with E-state index in [1.54, 1.807) is 6.07 Å². The van der Waals surface area contributed by atoms with Crippen molar-refractivity contribution in [2.75, 3.05) is 0 Å². The first-order valence-electron chi connectivity index (χ1n) is 4.59. The summed E-state index contributed by atoms with van der Waals surface area (Å²) in [7, 11) is 0. The second-order valence-corrected chi connectivity index (χ2v) is 3.33. The Morgan fingerprint density at radius 2 is 2.06 bits per heavy atom. The standard InChI is InChI=1S/C9H7BF3N2O/c11-10(12,13)8-3-1-2-7(4-8)5-9-15-14-6-16-9/h1-4,6H,5H2/q-1. The lowest BCUT2D eigenvalue weighted by Crippen LogP contribution is -2.34. The third-order valence-corrected chi connectivity index (χ3v) is 2.09. The molecule has 1 aromatic heterocycles. The van der Waals surface area contributed by atoms with Crippen molar-refractivity contribution in [2.45, 2.75) is 6.42 Å². The fourth-order valence-corrected chi connectivity index (χ4v) is 1.35. The Kier molecular flexibility index (Phi) is 2.68. The van der Waals surface area contributed by atoms with Gasteiger partial charge in [-0.2, -0.15) is 0 Å². The molecular weight excluding hydrogens is 220 g/mol. The second kappa shape index (κ2) is 4.00. The maximum Gasteiger partial charge on any atom is 0.509 e. The molecule has 0 spiro atoms. The van der Waals surface area contributed by atoms with Crippen LogP contribution in [-0.4, -0.2) is 17.2 Å². The van der Waals surface area contributed by atoms with Gasteiger partial charge in [-0.25, -0.2) is 0 Å². The number of halogens is 3. The van der Waals surface area contributed by atoms with Crippen LogP contribution in [0.25, 0.3) is 0 Å². The first kappa shape index (κ1) is 10.7. The second-order valence-electron chi connectivity index (χ2n) is 3.33. The van der Waals surface area contributed by atoms with Gasteiger partial charge in [0.05, 0.1) is 6.42 Å². The Labute approximate surface area is 89.4 Å². The third-order valence-electron chi connectivity index (χ3n) is 2.09. The lowest BCUT2D eigenvalue weighted by atomic mass is 9.79. The summed E-state index contributed by atoms with van der Waals surface area (Å²) >= 11 is 0. The molecule has 84 valence electrons. The average Bonchev–Trinajstić information content (AvgIpc) is 2.70. The summed E-state index contributed by atoms with van der Waals surface area (Å²) in [5.74, 6) is 0.298. The van der Waals surface area contributed by atoms with Crippen LogP contribution in [0.1, 0.15) is 11.5 Å². The zero-order chi connectivity index (χ0) is 11.6. The van der Waals surface area contributed by atoms with E-state index in [2.05, 4.69) is 10.2 Å². The van der Waals surface area contributed by atoms with Crippen LogP contribution in [0.5, 0.6) is 0 Å². The van der Waals surface area contributed by atoms with E-state index < -0.39 is 12.4 Å². The van der Waals surface area contributed by atoms with Gasteiger partial charge in [0.2, 0.25) is 12.3 Å². The van der Waals surface area contributed by atoms with Gasteiger partial charge in [0.1, 0.15) is 0 Å². The predicted octanol–water partition coefficient (Wildman–Crippen LogP) is 1.71. The minimum Gasteiger partial charge on any atom is -0.445 e. The molecule has 0 aliphatic heterocycles. The molecule has 2 rings (SSSR count). The van der Waals surface area contributed by atoms with Gasteiger partial charge in [0.15, 0.2) is 0 Å². The van der Waals surface area contributed by atoms with E-state index in [0.717, 1.165) is 18.5 Å². The van der Waals surface area contributed by atoms with Crippen LogP contribution < -0.4 is 5.46 Å². The monoisotopic (exact) mass is 227 g/mol. The molecule has 0 bridgehead atoms. The van der Waals surface area contributed by atoms with E-state index >= 15 is 0 Å². The number of hydrogen-bond acceptors (Lipinski definition) is 3. The topological polar surface area (TPSA) is 38.9 Å². The highest BCUT2D eigenvalue weighted by molar-refractivity contribution is 6.73. The van der Waals surface area contributed by atoms with Crippen molar-refractivity contribution in [1.29, 1.82) is 0 Å². The summed E-state index contributed by atoms with van der Waals surface area (Å²) in [6.07, 6.45) is 1.35. The smallest absolute Gasteiger partial charge is 0.445 e. The van der Waals surface area contributed by atoms with Crippen molar-refractivity contribution >= 4 is 12.4 Å². The third kappa shape index (κ3) is 2.42.